The molecule has 0 radical (unpaired) electrons. The molecule has 1 heterocycles. The molecule has 0 aromatic heterocycles. The van der Waals surface area contributed by atoms with Crippen molar-refractivity contribution in [2.75, 3.05) is 13.1 Å². The first kappa shape index (κ1) is 14.9. The van der Waals surface area contributed by atoms with Crippen LogP contribution in [-0.2, 0) is 10.0 Å². The minimum atomic E-state index is -3.52. The van der Waals surface area contributed by atoms with Crippen LogP contribution >= 0.6 is 15.9 Å². The van der Waals surface area contributed by atoms with Gasteiger partial charge in [-0.1, -0.05) is 13.3 Å². The van der Waals surface area contributed by atoms with E-state index < -0.39 is 15.8 Å². The van der Waals surface area contributed by atoms with Crippen LogP contribution < -0.4 is 0 Å². The van der Waals surface area contributed by atoms with Crippen LogP contribution in [0.2, 0.25) is 0 Å². The van der Waals surface area contributed by atoms with Gasteiger partial charge in [0.15, 0.2) is 0 Å². The van der Waals surface area contributed by atoms with Gasteiger partial charge in [0.1, 0.15) is 5.82 Å². The van der Waals surface area contributed by atoms with E-state index in [0.717, 1.165) is 19.3 Å². The van der Waals surface area contributed by atoms with Crippen molar-refractivity contribution < 1.29 is 12.8 Å². The van der Waals surface area contributed by atoms with Crippen molar-refractivity contribution in [1.29, 1.82) is 0 Å². The van der Waals surface area contributed by atoms with E-state index in [9.17, 15) is 12.8 Å². The van der Waals surface area contributed by atoms with Crippen molar-refractivity contribution in [3.8, 4) is 0 Å². The summed E-state index contributed by atoms with van der Waals surface area (Å²) in [4.78, 5) is 0.142. The van der Waals surface area contributed by atoms with Gasteiger partial charge in [-0.25, -0.2) is 12.8 Å². The number of hydrogen-bond donors (Lipinski definition) is 0. The number of hydrogen-bond acceptors (Lipinski definition) is 2. The Bertz CT molecular complexity index is 554. The zero-order valence-corrected chi connectivity index (χ0v) is 13.2. The van der Waals surface area contributed by atoms with Crippen molar-refractivity contribution in [3.05, 3.63) is 28.5 Å². The zero-order valence-electron chi connectivity index (χ0n) is 10.8. The fourth-order valence-corrected chi connectivity index (χ4v) is 4.86. The molecule has 1 aliphatic rings. The quantitative estimate of drug-likeness (QED) is 0.838. The standard InChI is InChI=1S/C13H17BrFNO2S/c1-2-10-5-7-16(8-6-10)19(17,18)13-4-3-11(15)9-12(13)14/h3-4,9-10H,2,5-8H2,1H3. The average Bonchev–Trinajstić information content (AvgIpc) is 2.38. The van der Waals surface area contributed by atoms with Gasteiger partial charge in [0.25, 0.3) is 0 Å². The van der Waals surface area contributed by atoms with Gasteiger partial charge in [-0.3, -0.25) is 0 Å². The molecule has 0 atom stereocenters. The first-order valence-electron chi connectivity index (χ1n) is 6.40. The van der Waals surface area contributed by atoms with Gasteiger partial charge in [-0.05, 0) is 52.9 Å². The van der Waals surface area contributed by atoms with Gasteiger partial charge in [0, 0.05) is 17.6 Å². The van der Waals surface area contributed by atoms with E-state index in [2.05, 4.69) is 22.9 Å². The van der Waals surface area contributed by atoms with Gasteiger partial charge < -0.3 is 0 Å². The summed E-state index contributed by atoms with van der Waals surface area (Å²) in [5.74, 6) is 0.165. The molecule has 0 aliphatic carbocycles. The van der Waals surface area contributed by atoms with Crippen LogP contribution in [-0.4, -0.2) is 25.8 Å². The molecule has 2 rings (SSSR count). The van der Waals surface area contributed by atoms with Crippen LogP contribution in [0, 0.1) is 11.7 Å². The molecule has 1 saturated heterocycles. The lowest BCUT2D eigenvalue weighted by molar-refractivity contribution is 0.269. The molecule has 0 bridgehead atoms. The van der Waals surface area contributed by atoms with E-state index in [4.69, 9.17) is 0 Å². The third-order valence-electron chi connectivity index (χ3n) is 3.66. The topological polar surface area (TPSA) is 37.4 Å². The van der Waals surface area contributed by atoms with Crippen molar-refractivity contribution in [2.45, 2.75) is 31.1 Å². The molecule has 0 unspecified atom stereocenters. The summed E-state index contributed by atoms with van der Waals surface area (Å²) < 4.78 is 39.8. The van der Waals surface area contributed by atoms with Crippen LogP contribution in [0.15, 0.2) is 27.6 Å². The molecule has 0 amide bonds. The number of halogens is 2. The maximum absolute atomic E-state index is 13.0. The number of sulfonamides is 1. The molecule has 1 aliphatic heterocycles. The highest BCUT2D eigenvalue weighted by molar-refractivity contribution is 9.10. The van der Waals surface area contributed by atoms with E-state index in [1.54, 1.807) is 0 Å². The number of rotatable bonds is 3. The summed E-state index contributed by atoms with van der Waals surface area (Å²) >= 11 is 3.13. The van der Waals surface area contributed by atoms with Crippen molar-refractivity contribution in [1.82, 2.24) is 4.31 Å². The second kappa shape index (κ2) is 5.89. The Hall–Kier alpha value is -0.460. The fourth-order valence-electron chi connectivity index (χ4n) is 2.38. The predicted octanol–water partition coefficient (Wildman–Crippen LogP) is 3.40. The third-order valence-corrected chi connectivity index (χ3v) is 6.54. The van der Waals surface area contributed by atoms with Crippen molar-refractivity contribution >= 4 is 26.0 Å². The largest absolute Gasteiger partial charge is 0.244 e. The number of piperidine rings is 1. The van der Waals surface area contributed by atoms with Crippen LogP contribution in [0.5, 0.6) is 0 Å². The Morgan fingerprint density at radius 1 is 1.37 bits per heavy atom. The van der Waals surface area contributed by atoms with Crippen molar-refractivity contribution in [3.63, 3.8) is 0 Å². The van der Waals surface area contributed by atoms with Gasteiger partial charge in [-0.2, -0.15) is 4.31 Å². The van der Waals surface area contributed by atoms with Gasteiger partial charge in [-0.15, -0.1) is 0 Å². The summed E-state index contributed by atoms with van der Waals surface area (Å²) in [6.45, 7) is 3.22. The van der Waals surface area contributed by atoms with Crippen LogP contribution in [0.1, 0.15) is 26.2 Å². The zero-order chi connectivity index (χ0) is 14.0. The number of nitrogens with zero attached hydrogens (tertiary/aromatic N) is 1. The van der Waals surface area contributed by atoms with Crippen LogP contribution in [0.3, 0.4) is 0 Å². The van der Waals surface area contributed by atoms with E-state index in [1.165, 1.54) is 22.5 Å². The van der Waals surface area contributed by atoms with Crippen LogP contribution in [0.4, 0.5) is 4.39 Å². The van der Waals surface area contributed by atoms with Gasteiger partial charge in [0.2, 0.25) is 10.0 Å². The normalized spacial score (nSPS) is 18.7. The van der Waals surface area contributed by atoms with Crippen LogP contribution in [0.25, 0.3) is 0 Å². The second-order valence-corrected chi connectivity index (χ2v) is 7.59. The SMILES string of the molecule is CCC1CCN(S(=O)(=O)c2ccc(F)cc2Br)CC1. The highest BCUT2D eigenvalue weighted by Gasteiger charge is 2.30. The maximum Gasteiger partial charge on any atom is 0.244 e. The van der Waals surface area contributed by atoms with E-state index >= 15 is 0 Å². The lowest BCUT2D eigenvalue weighted by Crippen LogP contribution is -2.38. The Morgan fingerprint density at radius 2 is 2.00 bits per heavy atom. The minimum absolute atomic E-state index is 0.142. The Kier molecular flexibility index (Phi) is 4.63. The number of benzene rings is 1. The van der Waals surface area contributed by atoms with E-state index in [1.807, 2.05) is 0 Å². The monoisotopic (exact) mass is 349 g/mol. The highest BCUT2D eigenvalue weighted by Crippen LogP contribution is 2.29. The lowest BCUT2D eigenvalue weighted by Gasteiger charge is -2.30. The Balaban J connectivity index is 2.23. The summed E-state index contributed by atoms with van der Waals surface area (Å²) in [7, 11) is -3.52. The average molecular weight is 350 g/mol. The Labute approximate surface area is 122 Å². The molecule has 6 heteroatoms. The molecule has 1 aromatic carbocycles. The maximum atomic E-state index is 13.0. The second-order valence-electron chi connectivity index (χ2n) is 4.83. The first-order chi connectivity index (χ1) is 8.95. The van der Waals surface area contributed by atoms with E-state index in [0.29, 0.717) is 19.0 Å². The van der Waals surface area contributed by atoms with Gasteiger partial charge >= 0.3 is 0 Å². The molecule has 1 fully saturated rings. The lowest BCUT2D eigenvalue weighted by atomic mass is 9.96. The highest BCUT2D eigenvalue weighted by atomic mass is 79.9. The molecule has 19 heavy (non-hydrogen) atoms. The summed E-state index contributed by atoms with van der Waals surface area (Å²) in [6.07, 6.45) is 2.89. The van der Waals surface area contributed by atoms with Crippen molar-refractivity contribution in [2.24, 2.45) is 5.92 Å². The third kappa shape index (κ3) is 3.17. The molecule has 0 spiro atoms. The molecule has 3 nitrogen and oxygen atoms in total. The summed E-state index contributed by atoms with van der Waals surface area (Å²) in [5, 5.41) is 0. The summed E-state index contributed by atoms with van der Waals surface area (Å²) in [5.41, 5.74) is 0. The smallest absolute Gasteiger partial charge is 0.207 e. The minimum Gasteiger partial charge on any atom is -0.207 e. The molecular formula is C13H17BrFNO2S. The molecule has 106 valence electrons. The molecule has 1 aromatic rings. The fraction of sp³-hybridized carbons (Fsp3) is 0.538. The molecular weight excluding hydrogens is 333 g/mol. The molecule has 0 N–H and O–H groups in total. The first-order valence-corrected chi connectivity index (χ1v) is 8.63. The summed E-state index contributed by atoms with van der Waals surface area (Å²) in [6, 6.07) is 3.68. The molecule has 0 saturated carbocycles. The predicted molar refractivity (Wildman–Crippen MR) is 75.9 cm³/mol. The van der Waals surface area contributed by atoms with Gasteiger partial charge in [0.05, 0.1) is 4.90 Å². The van der Waals surface area contributed by atoms with E-state index in [-0.39, 0.29) is 9.37 Å². The Morgan fingerprint density at radius 3 is 2.53 bits per heavy atom.